The molecule has 4 nitrogen and oxygen atoms in total. The first kappa shape index (κ1) is 19.2. The van der Waals surface area contributed by atoms with Crippen LogP contribution in [0.5, 0.6) is 0 Å². The molecule has 0 saturated carbocycles. The van der Waals surface area contributed by atoms with E-state index in [4.69, 9.17) is 4.74 Å². The quantitative estimate of drug-likeness (QED) is 0.690. The molecule has 0 spiro atoms. The van der Waals surface area contributed by atoms with E-state index >= 15 is 0 Å². The Hall–Kier alpha value is -3.18. The first-order valence-electron chi connectivity index (χ1n) is 9.71. The summed E-state index contributed by atoms with van der Waals surface area (Å²) >= 11 is 0. The molecule has 3 aromatic carbocycles. The highest BCUT2D eigenvalue weighted by molar-refractivity contribution is 6.05. The fourth-order valence-electron chi connectivity index (χ4n) is 3.51. The number of benzene rings is 3. The minimum Gasteiger partial charge on any atom is -0.378 e. The maximum Gasteiger partial charge on any atom is 0.255 e. The maximum atomic E-state index is 14.2. The standard InChI is InChI=1S/C24H23FN2O2/c1-17-6-7-18(16-22(17)21-4-2-3-5-23(21)25)24(28)26-19-8-10-20(11-9-19)27-12-14-29-15-13-27/h2-11,16H,12-15H2,1H3,(H,26,28). The zero-order valence-corrected chi connectivity index (χ0v) is 16.3. The summed E-state index contributed by atoms with van der Waals surface area (Å²) in [7, 11) is 0. The Morgan fingerprint density at radius 2 is 1.69 bits per heavy atom. The van der Waals surface area contributed by atoms with Crippen molar-refractivity contribution in [2.75, 3.05) is 36.5 Å². The van der Waals surface area contributed by atoms with Gasteiger partial charge in [-0.15, -0.1) is 0 Å². The predicted molar refractivity (Wildman–Crippen MR) is 114 cm³/mol. The molecular formula is C24H23FN2O2. The minimum absolute atomic E-state index is 0.221. The van der Waals surface area contributed by atoms with Crippen LogP contribution in [0.15, 0.2) is 66.7 Å². The first-order chi connectivity index (χ1) is 14.1. The van der Waals surface area contributed by atoms with Crippen LogP contribution in [0.2, 0.25) is 0 Å². The van der Waals surface area contributed by atoms with Gasteiger partial charge in [0.1, 0.15) is 5.82 Å². The van der Waals surface area contributed by atoms with E-state index in [2.05, 4.69) is 10.2 Å². The zero-order chi connectivity index (χ0) is 20.2. The van der Waals surface area contributed by atoms with E-state index in [1.807, 2.05) is 37.3 Å². The third-order valence-corrected chi connectivity index (χ3v) is 5.17. The van der Waals surface area contributed by atoms with Gasteiger partial charge in [-0.25, -0.2) is 4.39 Å². The van der Waals surface area contributed by atoms with Gasteiger partial charge in [-0.05, 0) is 60.5 Å². The molecule has 148 valence electrons. The van der Waals surface area contributed by atoms with Crippen LogP contribution in [0.25, 0.3) is 11.1 Å². The lowest BCUT2D eigenvalue weighted by Crippen LogP contribution is -2.36. The summed E-state index contributed by atoms with van der Waals surface area (Å²) in [6, 6.07) is 19.7. The SMILES string of the molecule is Cc1ccc(C(=O)Nc2ccc(N3CCOCC3)cc2)cc1-c1ccccc1F. The van der Waals surface area contributed by atoms with Gasteiger partial charge in [0, 0.05) is 35.6 Å². The second-order valence-corrected chi connectivity index (χ2v) is 7.11. The Bertz CT molecular complexity index is 1010. The number of carbonyl (C=O) groups excluding carboxylic acids is 1. The molecule has 5 heteroatoms. The van der Waals surface area contributed by atoms with Crippen LogP contribution in [-0.4, -0.2) is 32.2 Å². The molecule has 0 bridgehead atoms. The van der Waals surface area contributed by atoms with Crippen molar-refractivity contribution < 1.29 is 13.9 Å². The Morgan fingerprint density at radius 3 is 2.41 bits per heavy atom. The normalized spacial score (nSPS) is 13.9. The number of hydrogen-bond acceptors (Lipinski definition) is 3. The molecule has 1 aliphatic rings. The molecule has 1 fully saturated rings. The Balaban J connectivity index is 1.51. The summed E-state index contributed by atoms with van der Waals surface area (Å²) in [6.07, 6.45) is 0. The van der Waals surface area contributed by atoms with Gasteiger partial charge >= 0.3 is 0 Å². The van der Waals surface area contributed by atoms with Crippen molar-refractivity contribution in [3.05, 3.63) is 83.7 Å². The summed E-state index contributed by atoms with van der Waals surface area (Å²) in [5, 5.41) is 2.93. The van der Waals surface area contributed by atoms with Gasteiger partial charge in [0.2, 0.25) is 0 Å². The fourth-order valence-corrected chi connectivity index (χ4v) is 3.51. The van der Waals surface area contributed by atoms with Crippen LogP contribution in [0.3, 0.4) is 0 Å². The van der Waals surface area contributed by atoms with Gasteiger partial charge in [-0.2, -0.15) is 0 Å². The third kappa shape index (κ3) is 4.30. The number of halogens is 1. The number of nitrogens with zero attached hydrogens (tertiary/aromatic N) is 1. The molecule has 1 aliphatic heterocycles. The second kappa shape index (κ2) is 8.45. The average Bonchev–Trinajstić information content (AvgIpc) is 2.76. The van der Waals surface area contributed by atoms with Crippen molar-refractivity contribution in [3.8, 4) is 11.1 Å². The molecule has 29 heavy (non-hydrogen) atoms. The van der Waals surface area contributed by atoms with E-state index < -0.39 is 0 Å². The monoisotopic (exact) mass is 390 g/mol. The number of amides is 1. The molecule has 3 aromatic rings. The van der Waals surface area contributed by atoms with Gasteiger partial charge in [-0.1, -0.05) is 24.3 Å². The van der Waals surface area contributed by atoms with E-state index in [9.17, 15) is 9.18 Å². The van der Waals surface area contributed by atoms with Crippen LogP contribution in [-0.2, 0) is 4.74 Å². The lowest BCUT2D eigenvalue weighted by atomic mass is 9.97. The fraction of sp³-hybridized carbons (Fsp3) is 0.208. The largest absolute Gasteiger partial charge is 0.378 e. The predicted octanol–water partition coefficient (Wildman–Crippen LogP) is 4.89. The molecular weight excluding hydrogens is 367 g/mol. The minimum atomic E-state index is -0.299. The van der Waals surface area contributed by atoms with Crippen LogP contribution in [0.4, 0.5) is 15.8 Å². The highest BCUT2D eigenvalue weighted by Crippen LogP contribution is 2.27. The smallest absolute Gasteiger partial charge is 0.255 e. The summed E-state index contributed by atoms with van der Waals surface area (Å²) in [5.74, 6) is -0.520. The number of nitrogens with one attached hydrogen (secondary N) is 1. The highest BCUT2D eigenvalue weighted by atomic mass is 19.1. The summed E-state index contributed by atoms with van der Waals surface area (Å²) in [5.41, 5.74) is 4.46. The molecule has 1 amide bonds. The van der Waals surface area contributed by atoms with Crippen molar-refractivity contribution in [3.63, 3.8) is 0 Å². The molecule has 0 unspecified atom stereocenters. The topological polar surface area (TPSA) is 41.6 Å². The zero-order valence-electron chi connectivity index (χ0n) is 16.3. The number of anilines is 2. The third-order valence-electron chi connectivity index (χ3n) is 5.17. The average molecular weight is 390 g/mol. The van der Waals surface area contributed by atoms with Crippen molar-refractivity contribution in [1.82, 2.24) is 0 Å². The van der Waals surface area contributed by atoms with Gasteiger partial charge in [0.15, 0.2) is 0 Å². The van der Waals surface area contributed by atoms with Gasteiger partial charge in [0.05, 0.1) is 13.2 Å². The molecule has 0 radical (unpaired) electrons. The Kier molecular flexibility index (Phi) is 5.58. The van der Waals surface area contributed by atoms with Crippen molar-refractivity contribution in [2.45, 2.75) is 6.92 Å². The highest BCUT2D eigenvalue weighted by Gasteiger charge is 2.14. The van der Waals surface area contributed by atoms with E-state index in [-0.39, 0.29) is 11.7 Å². The van der Waals surface area contributed by atoms with E-state index in [1.165, 1.54) is 6.07 Å². The first-order valence-corrected chi connectivity index (χ1v) is 9.71. The van der Waals surface area contributed by atoms with Gasteiger partial charge < -0.3 is 15.0 Å². The maximum absolute atomic E-state index is 14.2. The summed E-state index contributed by atoms with van der Waals surface area (Å²) < 4.78 is 19.6. The summed E-state index contributed by atoms with van der Waals surface area (Å²) in [6.45, 7) is 5.11. The summed E-state index contributed by atoms with van der Waals surface area (Å²) in [4.78, 5) is 15.0. The van der Waals surface area contributed by atoms with Crippen molar-refractivity contribution in [2.24, 2.45) is 0 Å². The Morgan fingerprint density at radius 1 is 0.966 bits per heavy atom. The van der Waals surface area contributed by atoms with Crippen molar-refractivity contribution >= 4 is 17.3 Å². The van der Waals surface area contributed by atoms with E-state index in [0.29, 0.717) is 11.1 Å². The lowest BCUT2D eigenvalue weighted by molar-refractivity contribution is 0.102. The number of rotatable bonds is 4. The molecule has 4 rings (SSSR count). The number of aryl methyl sites for hydroxylation is 1. The molecule has 1 N–H and O–H groups in total. The molecule has 0 atom stereocenters. The molecule has 1 heterocycles. The van der Waals surface area contributed by atoms with Gasteiger partial charge in [0.25, 0.3) is 5.91 Å². The van der Waals surface area contributed by atoms with Crippen LogP contribution >= 0.6 is 0 Å². The molecule has 0 aromatic heterocycles. The van der Waals surface area contributed by atoms with Crippen LogP contribution < -0.4 is 10.2 Å². The number of hydrogen-bond donors (Lipinski definition) is 1. The molecule has 1 saturated heterocycles. The van der Waals surface area contributed by atoms with Crippen LogP contribution in [0, 0.1) is 12.7 Å². The Labute approximate surface area is 169 Å². The van der Waals surface area contributed by atoms with Gasteiger partial charge in [-0.3, -0.25) is 4.79 Å². The van der Waals surface area contributed by atoms with Crippen LogP contribution in [0.1, 0.15) is 15.9 Å². The van der Waals surface area contributed by atoms with E-state index in [1.54, 1.807) is 30.3 Å². The van der Waals surface area contributed by atoms with Crippen molar-refractivity contribution in [1.29, 1.82) is 0 Å². The number of carbonyl (C=O) groups is 1. The lowest BCUT2D eigenvalue weighted by Gasteiger charge is -2.28. The number of ether oxygens (including phenoxy) is 1. The number of morpholine rings is 1. The molecule has 0 aliphatic carbocycles. The van der Waals surface area contributed by atoms with E-state index in [0.717, 1.165) is 48.8 Å². The second-order valence-electron chi connectivity index (χ2n) is 7.11.